The molecule has 112 valence electrons. The van der Waals surface area contributed by atoms with Crippen molar-refractivity contribution in [2.24, 2.45) is 0 Å². The summed E-state index contributed by atoms with van der Waals surface area (Å²) in [7, 11) is 0. The first-order valence-corrected chi connectivity index (χ1v) is 7.52. The second-order valence-corrected chi connectivity index (χ2v) is 6.78. The summed E-state index contributed by atoms with van der Waals surface area (Å²) in [5, 5.41) is 0. The summed E-state index contributed by atoms with van der Waals surface area (Å²) in [6.07, 6.45) is 4.09. The molecule has 0 radical (unpaired) electrons. The molecule has 0 atom stereocenters. The molecule has 1 aromatic carbocycles. The minimum atomic E-state index is -0.000490. The Balaban J connectivity index is 1.82. The van der Waals surface area contributed by atoms with Crippen molar-refractivity contribution in [2.75, 3.05) is 17.2 Å². The highest BCUT2D eigenvalue weighted by Gasteiger charge is 2.22. The molecule has 2 aromatic rings. The number of oxazole rings is 1. The number of hydrogen-bond acceptors (Lipinski definition) is 4. The molecule has 0 fully saturated rings. The third-order valence-corrected chi connectivity index (χ3v) is 3.94. The molecular weight excluding hydrogens is 262 g/mol. The molecule has 0 saturated heterocycles. The molecule has 0 aliphatic carbocycles. The molecule has 0 saturated carbocycles. The zero-order chi connectivity index (χ0) is 15.0. The van der Waals surface area contributed by atoms with Gasteiger partial charge in [0.2, 0.25) is 5.89 Å². The Labute approximate surface area is 126 Å². The van der Waals surface area contributed by atoms with E-state index in [0.717, 1.165) is 36.7 Å². The number of fused-ring (bicyclic) bond motifs is 1. The number of rotatable bonds is 2. The number of nitrogen functional groups attached to an aromatic ring is 1. The van der Waals surface area contributed by atoms with Crippen molar-refractivity contribution in [1.29, 1.82) is 0 Å². The Morgan fingerprint density at radius 1 is 1.33 bits per heavy atom. The van der Waals surface area contributed by atoms with Crippen LogP contribution in [0.25, 0.3) is 0 Å². The van der Waals surface area contributed by atoms with E-state index in [4.69, 9.17) is 10.2 Å². The Kier molecular flexibility index (Phi) is 3.40. The van der Waals surface area contributed by atoms with E-state index >= 15 is 0 Å². The lowest BCUT2D eigenvalue weighted by molar-refractivity contribution is 0.379. The maximum absolute atomic E-state index is 5.91. The summed E-state index contributed by atoms with van der Waals surface area (Å²) in [6.45, 7) is 8.15. The van der Waals surface area contributed by atoms with Gasteiger partial charge in [-0.05, 0) is 36.6 Å². The number of nitrogens with zero attached hydrogens (tertiary/aromatic N) is 2. The van der Waals surface area contributed by atoms with Crippen LogP contribution in [0.4, 0.5) is 11.4 Å². The van der Waals surface area contributed by atoms with Crippen molar-refractivity contribution in [1.82, 2.24) is 4.98 Å². The first-order valence-electron chi connectivity index (χ1n) is 7.52. The lowest BCUT2D eigenvalue weighted by atomic mass is 9.94. The Morgan fingerprint density at radius 2 is 2.14 bits per heavy atom. The van der Waals surface area contributed by atoms with Gasteiger partial charge in [-0.25, -0.2) is 4.98 Å². The van der Waals surface area contributed by atoms with Crippen molar-refractivity contribution in [2.45, 2.75) is 45.6 Å². The van der Waals surface area contributed by atoms with Crippen LogP contribution >= 0.6 is 0 Å². The summed E-state index contributed by atoms with van der Waals surface area (Å²) in [4.78, 5) is 6.76. The van der Waals surface area contributed by atoms with Gasteiger partial charge in [-0.15, -0.1) is 0 Å². The van der Waals surface area contributed by atoms with E-state index in [-0.39, 0.29) is 5.41 Å². The molecule has 0 unspecified atom stereocenters. The van der Waals surface area contributed by atoms with Crippen LogP contribution in [0.3, 0.4) is 0 Å². The highest BCUT2D eigenvalue weighted by atomic mass is 16.4. The zero-order valence-corrected chi connectivity index (χ0v) is 13.0. The summed E-state index contributed by atoms with van der Waals surface area (Å²) >= 11 is 0. The molecule has 4 heteroatoms. The lowest BCUT2D eigenvalue weighted by Crippen LogP contribution is -2.29. The maximum atomic E-state index is 5.91. The minimum absolute atomic E-state index is 0.000490. The number of hydrogen-bond donors (Lipinski definition) is 1. The second kappa shape index (κ2) is 5.10. The van der Waals surface area contributed by atoms with Crippen LogP contribution in [-0.4, -0.2) is 11.5 Å². The molecule has 0 bridgehead atoms. The van der Waals surface area contributed by atoms with Crippen LogP contribution in [0.2, 0.25) is 0 Å². The fourth-order valence-electron chi connectivity index (χ4n) is 2.75. The van der Waals surface area contributed by atoms with Crippen molar-refractivity contribution in [3.8, 4) is 0 Å². The third-order valence-electron chi connectivity index (χ3n) is 3.94. The topological polar surface area (TPSA) is 55.3 Å². The third kappa shape index (κ3) is 2.89. The van der Waals surface area contributed by atoms with E-state index < -0.39 is 0 Å². The first-order chi connectivity index (χ1) is 9.93. The highest BCUT2D eigenvalue weighted by Crippen LogP contribution is 2.30. The van der Waals surface area contributed by atoms with E-state index in [1.54, 1.807) is 0 Å². The number of aromatic nitrogens is 1. The van der Waals surface area contributed by atoms with E-state index in [1.165, 1.54) is 11.3 Å². The van der Waals surface area contributed by atoms with E-state index in [0.29, 0.717) is 6.54 Å². The van der Waals surface area contributed by atoms with Gasteiger partial charge in [0, 0.05) is 23.3 Å². The Morgan fingerprint density at radius 3 is 2.86 bits per heavy atom. The summed E-state index contributed by atoms with van der Waals surface area (Å²) in [5.74, 6) is 1.72. The average Bonchev–Trinajstić information content (AvgIpc) is 2.87. The quantitative estimate of drug-likeness (QED) is 0.858. The molecule has 2 N–H and O–H groups in total. The SMILES string of the molecule is CC(C)(C)c1cnc(CN2CCCc3cc(N)ccc32)o1. The highest BCUT2D eigenvalue weighted by molar-refractivity contribution is 5.61. The molecule has 0 amide bonds. The minimum Gasteiger partial charge on any atom is -0.443 e. The maximum Gasteiger partial charge on any atom is 0.213 e. The predicted molar refractivity (Wildman–Crippen MR) is 85.4 cm³/mol. The number of benzene rings is 1. The van der Waals surface area contributed by atoms with Crippen LogP contribution in [0, 0.1) is 0 Å². The normalized spacial score (nSPS) is 15.1. The molecular formula is C17H23N3O. The lowest BCUT2D eigenvalue weighted by Gasteiger charge is -2.30. The fourth-order valence-corrected chi connectivity index (χ4v) is 2.75. The van der Waals surface area contributed by atoms with Crippen molar-refractivity contribution in [3.05, 3.63) is 41.6 Å². The largest absolute Gasteiger partial charge is 0.443 e. The Hall–Kier alpha value is -1.97. The van der Waals surface area contributed by atoms with Crippen LogP contribution in [0.5, 0.6) is 0 Å². The van der Waals surface area contributed by atoms with Crippen LogP contribution in [0.15, 0.2) is 28.8 Å². The summed E-state index contributed by atoms with van der Waals surface area (Å²) < 4.78 is 5.91. The van der Waals surface area contributed by atoms with E-state index in [9.17, 15) is 0 Å². The van der Waals surface area contributed by atoms with Crippen LogP contribution < -0.4 is 10.6 Å². The van der Waals surface area contributed by atoms with Gasteiger partial charge in [0.1, 0.15) is 5.76 Å². The van der Waals surface area contributed by atoms with Gasteiger partial charge in [0.05, 0.1) is 12.7 Å². The summed E-state index contributed by atoms with van der Waals surface area (Å²) in [5.41, 5.74) is 9.29. The van der Waals surface area contributed by atoms with Gasteiger partial charge in [-0.2, -0.15) is 0 Å². The van der Waals surface area contributed by atoms with Crippen LogP contribution in [-0.2, 0) is 18.4 Å². The first kappa shape index (κ1) is 14.0. The molecule has 21 heavy (non-hydrogen) atoms. The van der Waals surface area contributed by atoms with Crippen molar-refractivity contribution < 1.29 is 4.42 Å². The molecule has 1 aliphatic rings. The smallest absolute Gasteiger partial charge is 0.213 e. The van der Waals surface area contributed by atoms with Gasteiger partial charge < -0.3 is 15.1 Å². The van der Waals surface area contributed by atoms with Gasteiger partial charge in [0.25, 0.3) is 0 Å². The summed E-state index contributed by atoms with van der Waals surface area (Å²) in [6, 6.07) is 6.16. The zero-order valence-electron chi connectivity index (χ0n) is 13.0. The molecule has 2 heterocycles. The predicted octanol–water partition coefficient (Wildman–Crippen LogP) is 3.51. The monoisotopic (exact) mass is 285 g/mol. The molecule has 4 nitrogen and oxygen atoms in total. The molecule has 1 aliphatic heterocycles. The van der Waals surface area contributed by atoms with Crippen molar-refractivity contribution in [3.63, 3.8) is 0 Å². The van der Waals surface area contributed by atoms with Gasteiger partial charge in [-0.1, -0.05) is 20.8 Å². The fraction of sp³-hybridized carbons (Fsp3) is 0.471. The number of aryl methyl sites for hydroxylation is 1. The number of nitrogens with two attached hydrogens (primary N) is 1. The molecule has 1 aromatic heterocycles. The van der Waals surface area contributed by atoms with E-state index in [1.807, 2.05) is 12.3 Å². The second-order valence-electron chi connectivity index (χ2n) is 6.78. The molecule has 0 spiro atoms. The molecule has 3 rings (SSSR count). The van der Waals surface area contributed by atoms with E-state index in [2.05, 4.69) is 42.8 Å². The average molecular weight is 285 g/mol. The van der Waals surface area contributed by atoms with Gasteiger partial charge >= 0.3 is 0 Å². The van der Waals surface area contributed by atoms with Gasteiger partial charge in [0.15, 0.2) is 0 Å². The van der Waals surface area contributed by atoms with Gasteiger partial charge in [-0.3, -0.25) is 0 Å². The van der Waals surface area contributed by atoms with Crippen molar-refractivity contribution >= 4 is 11.4 Å². The van der Waals surface area contributed by atoms with Crippen LogP contribution in [0.1, 0.15) is 44.4 Å². The standard InChI is InChI=1S/C17H23N3O/c1-17(2,3)15-10-19-16(21-15)11-20-8-4-5-12-9-13(18)6-7-14(12)20/h6-7,9-10H,4-5,8,11,18H2,1-3H3. The number of anilines is 2. The Bertz CT molecular complexity index is 640.